The van der Waals surface area contributed by atoms with E-state index in [2.05, 4.69) is 36.5 Å². The zero-order chi connectivity index (χ0) is 26.8. The second-order valence-electron chi connectivity index (χ2n) is 9.45. The van der Waals surface area contributed by atoms with Crippen molar-refractivity contribution in [1.82, 2.24) is 5.32 Å². The van der Waals surface area contributed by atoms with Crippen LogP contribution in [-0.4, -0.2) is 18.6 Å². The zero-order valence-electron chi connectivity index (χ0n) is 21.3. The van der Waals surface area contributed by atoms with E-state index in [9.17, 15) is 9.59 Å². The van der Waals surface area contributed by atoms with Gasteiger partial charge in [-0.05, 0) is 66.1 Å². The normalized spacial score (nSPS) is 14.8. The van der Waals surface area contributed by atoms with Gasteiger partial charge in [-0.3, -0.25) is 9.59 Å². The lowest BCUT2D eigenvalue weighted by Gasteiger charge is -2.30. The van der Waals surface area contributed by atoms with E-state index in [-0.39, 0.29) is 18.6 Å². The minimum absolute atomic E-state index is 0.0372. The van der Waals surface area contributed by atoms with Gasteiger partial charge in [0.15, 0.2) is 11.5 Å². The van der Waals surface area contributed by atoms with E-state index in [1.807, 2.05) is 65.6 Å². The molecule has 0 spiro atoms. The Hall–Kier alpha value is -4.49. The van der Waals surface area contributed by atoms with Gasteiger partial charge < -0.3 is 19.7 Å². The van der Waals surface area contributed by atoms with E-state index < -0.39 is 0 Å². The maximum Gasteiger partial charge on any atom is 0.265 e. The lowest BCUT2D eigenvalue weighted by molar-refractivity contribution is -0.114. The van der Waals surface area contributed by atoms with Crippen molar-refractivity contribution in [2.45, 2.75) is 24.9 Å². The molecule has 2 heterocycles. The van der Waals surface area contributed by atoms with E-state index in [1.165, 1.54) is 17.3 Å². The van der Waals surface area contributed by atoms with E-state index in [0.717, 1.165) is 27.3 Å². The summed E-state index contributed by atoms with van der Waals surface area (Å²) >= 11 is 1.47. The van der Waals surface area contributed by atoms with Gasteiger partial charge in [0.25, 0.3) is 11.8 Å². The van der Waals surface area contributed by atoms with E-state index >= 15 is 0 Å². The minimum atomic E-state index is -0.173. The summed E-state index contributed by atoms with van der Waals surface area (Å²) in [5.41, 5.74) is 5.51. The van der Waals surface area contributed by atoms with Crippen LogP contribution < -0.4 is 19.7 Å². The summed E-state index contributed by atoms with van der Waals surface area (Å²) in [4.78, 5) is 29.8. The molecule has 7 heteroatoms. The minimum Gasteiger partial charge on any atom is -0.454 e. The van der Waals surface area contributed by atoms with Gasteiger partial charge in [-0.1, -0.05) is 71.9 Å². The molecule has 0 unspecified atom stereocenters. The van der Waals surface area contributed by atoms with Crippen LogP contribution in [0.3, 0.4) is 0 Å². The summed E-state index contributed by atoms with van der Waals surface area (Å²) in [6, 6.07) is 29.1. The van der Waals surface area contributed by atoms with E-state index in [0.29, 0.717) is 35.1 Å². The molecule has 0 saturated heterocycles. The van der Waals surface area contributed by atoms with E-state index in [1.54, 1.807) is 12.1 Å². The third kappa shape index (κ3) is 5.40. The number of carbonyl (C=O) groups is 2. The number of amides is 2. The first-order valence-corrected chi connectivity index (χ1v) is 13.5. The predicted molar refractivity (Wildman–Crippen MR) is 153 cm³/mol. The third-order valence-electron chi connectivity index (χ3n) is 6.65. The molecule has 0 atom stereocenters. The van der Waals surface area contributed by atoms with Crippen LogP contribution in [0.5, 0.6) is 11.5 Å². The van der Waals surface area contributed by atoms with Crippen molar-refractivity contribution in [2.75, 3.05) is 11.7 Å². The van der Waals surface area contributed by atoms with Crippen molar-refractivity contribution in [3.8, 4) is 11.5 Å². The molecule has 194 valence electrons. The van der Waals surface area contributed by atoms with Crippen molar-refractivity contribution in [2.24, 2.45) is 0 Å². The Morgan fingerprint density at radius 3 is 2.49 bits per heavy atom. The smallest absolute Gasteiger partial charge is 0.265 e. The molecule has 0 aromatic heterocycles. The van der Waals surface area contributed by atoms with Crippen LogP contribution in [0.15, 0.2) is 101 Å². The fourth-order valence-electron chi connectivity index (χ4n) is 4.51. The number of para-hydroxylation sites is 1. The molecular formula is C32H26N2O4S. The maximum atomic E-state index is 13.6. The zero-order valence-corrected chi connectivity index (χ0v) is 22.2. The first-order chi connectivity index (χ1) is 19.0. The molecule has 2 aliphatic rings. The quantitative estimate of drug-likeness (QED) is 0.293. The maximum absolute atomic E-state index is 13.6. The van der Waals surface area contributed by atoms with E-state index in [4.69, 9.17) is 9.47 Å². The molecule has 0 saturated carbocycles. The second-order valence-corrected chi connectivity index (χ2v) is 10.5. The number of ether oxygens (including phenoxy) is 2. The van der Waals surface area contributed by atoms with Gasteiger partial charge in [0, 0.05) is 17.0 Å². The highest BCUT2D eigenvalue weighted by Crippen LogP contribution is 2.42. The Labute approximate surface area is 231 Å². The van der Waals surface area contributed by atoms with Crippen LogP contribution in [0.4, 0.5) is 5.69 Å². The molecule has 2 aliphatic heterocycles. The van der Waals surface area contributed by atoms with Crippen LogP contribution in [0, 0.1) is 6.92 Å². The van der Waals surface area contributed by atoms with Gasteiger partial charge in [0.2, 0.25) is 6.79 Å². The highest BCUT2D eigenvalue weighted by Gasteiger charge is 2.29. The fraction of sp³-hybridized carbons (Fsp3) is 0.125. The molecule has 0 bridgehead atoms. The molecule has 0 fully saturated rings. The SMILES string of the molecule is Cc1ccc(CN2C(=O)/C(=C\c3ccc(C(=O)NCc4ccc5c(c4)OCO5)cc3)Sc3ccccc32)cc1. The second kappa shape index (κ2) is 10.7. The van der Waals surface area contributed by atoms with Crippen molar-refractivity contribution >= 4 is 35.3 Å². The Morgan fingerprint density at radius 2 is 1.67 bits per heavy atom. The largest absolute Gasteiger partial charge is 0.454 e. The highest BCUT2D eigenvalue weighted by atomic mass is 32.2. The van der Waals surface area contributed by atoms with Gasteiger partial charge in [-0.15, -0.1) is 0 Å². The van der Waals surface area contributed by atoms with Crippen LogP contribution >= 0.6 is 11.8 Å². The number of rotatable bonds is 6. The average Bonchev–Trinajstić information content (AvgIpc) is 3.43. The fourth-order valence-corrected chi connectivity index (χ4v) is 5.57. The summed E-state index contributed by atoms with van der Waals surface area (Å²) in [6.07, 6.45) is 1.89. The number of nitrogens with one attached hydrogen (secondary N) is 1. The predicted octanol–water partition coefficient (Wildman–Crippen LogP) is 6.33. The van der Waals surface area contributed by atoms with Gasteiger partial charge in [-0.25, -0.2) is 0 Å². The lowest BCUT2D eigenvalue weighted by atomic mass is 10.1. The molecule has 1 N–H and O–H groups in total. The van der Waals surface area contributed by atoms with Crippen molar-refractivity contribution < 1.29 is 19.1 Å². The van der Waals surface area contributed by atoms with Crippen LogP contribution in [0.2, 0.25) is 0 Å². The van der Waals surface area contributed by atoms with Crippen LogP contribution in [0.25, 0.3) is 6.08 Å². The number of thioether (sulfide) groups is 1. The Kier molecular flexibility index (Phi) is 6.82. The number of aryl methyl sites for hydroxylation is 1. The van der Waals surface area contributed by atoms with Gasteiger partial charge in [0.05, 0.1) is 17.1 Å². The monoisotopic (exact) mass is 534 g/mol. The molecule has 2 amide bonds. The summed E-state index contributed by atoms with van der Waals surface area (Å²) in [7, 11) is 0. The van der Waals surface area contributed by atoms with Crippen molar-refractivity contribution in [1.29, 1.82) is 0 Å². The highest BCUT2D eigenvalue weighted by molar-refractivity contribution is 8.04. The molecular weight excluding hydrogens is 508 g/mol. The average molecular weight is 535 g/mol. The summed E-state index contributed by atoms with van der Waals surface area (Å²) in [5.74, 6) is 1.19. The summed E-state index contributed by atoms with van der Waals surface area (Å²) in [5, 5.41) is 2.94. The number of nitrogens with zero attached hydrogens (tertiary/aromatic N) is 1. The Balaban J connectivity index is 1.17. The summed E-state index contributed by atoms with van der Waals surface area (Å²) in [6.45, 7) is 3.14. The van der Waals surface area contributed by atoms with Crippen molar-refractivity contribution in [3.05, 3.63) is 124 Å². The first kappa shape index (κ1) is 24.8. The molecule has 0 radical (unpaired) electrons. The van der Waals surface area contributed by atoms with Crippen molar-refractivity contribution in [3.63, 3.8) is 0 Å². The number of anilines is 1. The standard InChI is InChI=1S/C32H26N2O4S/c1-21-6-8-23(9-7-21)19-34-26-4-2-3-5-29(26)39-30(32(34)36)17-22-10-13-25(14-11-22)31(35)33-18-24-12-15-27-28(16-24)38-20-37-27/h2-17H,18-20H2,1H3,(H,33,35)/b30-17+. The molecule has 39 heavy (non-hydrogen) atoms. The lowest BCUT2D eigenvalue weighted by Crippen LogP contribution is -2.33. The number of fused-ring (bicyclic) bond motifs is 2. The number of carbonyl (C=O) groups excluding carboxylic acids is 2. The summed E-state index contributed by atoms with van der Waals surface area (Å²) < 4.78 is 10.7. The molecule has 4 aromatic carbocycles. The van der Waals surface area contributed by atoms with Gasteiger partial charge in [-0.2, -0.15) is 0 Å². The number of hydrogen-bond acceptors (Lipinski definition) is 5. The Morgan fingerprint density at radius 1 is 0.923 bits per heavy atom. The van der Waals surface area contributed by atoms with Crippen LogP contribution in [-0.2, 0) is 17.9 Å². The third-order valence-corrected chi connectivity index (χ3v) is 7.73. The molecule has 6 rings (SSSR count). The molecule has 4 aromatic rings. The Bertz CT molecular complexity index is 1580. The number of hydrogen-bond donors (Lipinski definition) is 1. The van der Waals surface area contributed by atoms with Gasteiger partial charge >= 0.3 is 0 Å². The van der Waals surface area contributed by atoms with Crippen LogP contribution in [0.1, 0.15) is 32.6 Å². The topological polar surface area (TPSA) is 67.9 Å². The molecule has 6 nitrogen and oxygen atoms in total. The molecule has 0 aliphatic carbocycles. The first-order valence-electron chi connectivity index (χ1n) is 12.7. The number of benzene rings is 4. The van der Waals surface area contributed by atoms with Gasteiger partial charge in [0.1, 0.15) is 0 Å².